The summed E-state index contributed by atoms with van der Waals surface area (Å²) >= 11 is 0. The Morgan fingerprint density at radius 1 is 1.34 bits per heavy atom. The number of halogens is 1. The Labute approximate surface area is 185 Å². The van der Waals surface area contributed by atoms with E-state index in [0.717, 1.165) is 16.7 Å². The molecule has 0 fully saturated rings. The fourth-order valence-electron chi connectivity index (χ4n) is 3.79. The second-order valence-electron chi connectivity index (χ2n) is 7.65. The smallest absolute Gasteiger partial charge is 0.141 e. The van der Waals surface area contributed by atoms with Gasteiger partial charge in [0.1, 0.15) is 23.2 Å². The maximum atomic E-state index is 15.1. The van der Waals surface area contributed by atoms with Crippen molar-refractivity contribution < 1.29 is 14.0 Å². The van der Waals surface area contributed by atoms with Crippen molar-refractivity contribution in [2.75, 3.05) is 12.3 Å². The zero-order chi connectivity index (χ0) is 22.7. The van der Waals surface area contributed by atoms with Crippen LogP contribution in [-0.4, -0.2) is 27.7 Å². The van der Waals surface area contributed by atoms with Crippen molar-refractivity contribution in [3.05, 3.63) is 89.2 Å². The third-order valence-corrected chi connectivity index (χ3v) is 5.57. The van der Waals surface area contributed by atoms with E-state index in [1.54, 1.807) is 25.4 Å². The van der Waals surface area contributed by atoms with E-state index < -0.39 is 11.9 Å². The fourth-order valence-corrected chi connectivity index (χ4v) is 3.79. The van der Waals surface area contributed by atoms with E-state index in [1.807, 2.05) is 42.5 Å². The number of benzene rings is 1. The van der Waals surface area contributed by atoms with E-state index in [0.29, 0.717) is 17.1 Å². The summed E-state index contributed by atoms with van der Waals surface area (Å²) in [5.74, 6) is 0.158. The molecular formula is C24H24FN5O2. The van der Waals surface area contributed by atoms with Gasteiger partial charge >= 0.3 is 0 Å². The molecule has 7 nitrogen and oxygen atoms in total. The minimum Gasteiger partial charge on any atom is -0.394 e. The Kier molecular flexibility index (Phi) is 6.13. The predicted octanol–water partition coefficient (Wildman–Crippen LogP) is 4.19. The quantitative estimate of drug-likeness (QED) is 0.342. The molecule has 3 aromatic rings. The van der Waals surface area contributed by atoms with Crippen LogP contribution < -0.4 is 11.1 Å². The van der Waals surface area contributed by atoms with Gasteiger partial charge in [-0.15, -0.1) is 0 Å². The van der Waals surface area contributed by atoms with Gasteiger partial charge in [0.25, 0.3) is 0 Å². The number of nitrogens with two attached hydrogens (primary N) is 1. The number of nitrogen functional groups attached to an aromatic ring is 1. The van der Waals surface area contributed by atoms with E-state index in [9.17, 15) is 5.11 Å². The zero-order valence-electron chi connectivity index (χ0n) is 17.5. The molecule has 8 heteroatoms. The molecule has 1 aliphatic rings. The number of amidine groups is 1. The predicted molar refractivity (Wildman–Crippen MR) is 121 cm³/mol. The number of pyridine rings is 1. The van der Waals surface area contributed by atoms with Gasteiger partial charge in [0, 0.05) is 40.8 Å². The Morgan fingerprint density at radius 2 is 2.12 bits per heavy atom. The summed E-state index contributed by atoms with van der Waals surface area (Å²) in [6, 6.07) is 10.6. The average Bonchev–Trinajstić information content (AvgIpc) is 3.24. The molecule has 0 spiro atoms. The van der Waals surface area contributed by atoms with Gasteiger partial charge in [-0.2, -0.15) is 0 Å². The first-order valence-corrected chi connectivity index (χ1v) is 10.2. The van der Waals surface area contributed by atoms with E-state index in [-0.39, 0.29) is 30.4 Å². The molecule has 5 N–H and O–H groups in total. The number of rotatable bonds is 6. The molecule has 1 unspecified atom stereocenters. The number of anilines is 1. The molecule has 0 radical (unpaired) electrons. The molecule has 32 heavy (non-hydrogen) atoms. The summed E-state index contributed by atoms with van der Waals surface area (Å²) in [4.78, 5) is 4.27. The molecule has 1 aliphatic carbocycles. The summed E-state index contributed by atoms with van der Waals surface area (Å²) in [5, 5.41) is 24.8. The third-order valence-electron chi connectivity index (χ3n) is 5.57. The number of hydrogen-bond donors (Lipinski definition) is 4. The Balaban J connectivity index is 1.53. The van der Waals surface area contributed by atoms with Crippen molar-refractivity contribution in [1.29, 1.82) is 5.41 Å². The van der Waals surface area contributed by atoms with E-state index in [2.05, 4.69) is 15.5 Å². The Hall–Kier alpha value is -3.78. The number of nitrogens with one attached hydrogen (secondary N) is 2. The van der Waals surface area contributed by atoms with E-state index in [1.165, 1.54) is 0 Å². The lowest BCUT2D eigenvalue weighted by molar-refractivity contribution is 0.257. The van der Waals surface area contributed by atoms with Gasteiger partial charge in [0.15, 0.2) is 0 Å². The maximum absolute atomic E-state index is 15.1. The van der Waals surface area contributed by atoms with Crippen LogP contribution in [0.1, 0.15) is 35.3 Å². The second kappa shape index (κ2) is 9.15. The number of nitrogens with zero attached hydrogens (tertiary/aromatic N) is 2. The fraction of sp³-hybridized carbons (Fsp3) is 0.208. The van der Waals surface area contributed by atoms with Gasteiger partial charge in [0.05, 0.1) is 18.8 Å². The van der Waals surface area contributed by atoms with Crippen LogP contribution in [0.2, 0.25) is 0 Å². The number of allylic oxidation sites excluding steroid dienone is 2. The Bertz CT molecular complexity index is 1190. The summed E-state index contributed by atoms with van der Waals surface area (Å²) in [6.45, 7) is 1.59. The van der Waals surface area contributed by atoms with Gasteiger partial charge in [0.2, 0.25) is 0 Å². The summed E-state index contributed by atoms with van der Waals surface area (Å²) < 4.78 is 20.2. The topological polar surface area (TPSA) is 121 Å². The molecule has 0 saturated heterocycles. The van der Waals surface area contributed by atoms with Gasteiger partial charge < -0.3 is 20.7 Å². The lowest BCUT2D eigenvalue weighted by Gasteiger charge is -2.23. The largest absolute Gasteiger partial charge is 0.394 e. The van der Waals surface area contributed by atoms with Crippen LogP contribution in [-0.2, 0) is 0 Å². The van der Waals surface area contributed by atoms with Crippen molar-refractivity contribution in [1.82, 2.24) is 15.5 Å². The summed E-state index contributed by atoms with van der Waals surface area (Å²) in [7, 11) is 0. The highest BCUT2D eigenvalue weighted by Crippen LogP contribution is 2.36. The monoisotopic (exact) mass is 433 g/mol. The standard InChI is InChI=1S/C24H24FN5O2/c1-14-20(12-29-32-14)17-9-19(23(26)28-11-17)16-7-8-18(21(25)10-16)24(27)30-22(13-31)15-5-3-2-4-6-15/h2-9,11-12,16,22,31H,10,13H2,1H3,(H2,26,28)(H2,27,30)/t16?,22-/m1/s1. The van der Waals surface area contributed by atoms with Crippen molar-refractivity contribution >= 4 is 11.7 Å². The minimum atomic E-state index is -0.501. The van der Waals surface area contributed by atoms with Crippen LogP contribution in [0.5, 0.6) is 0 Å². The number of aliphatic hydroxyl groups is 1. The van der Waals surface area contributed by atoms with Gasteiger partial charge in [-0.25, -0.2) is 9.37 Å². The normalized spacial score (nSPS) is 16.8. The van der Waals surface area contributed by atoms with Gasteiger partial charge in [-0.3, -0.25) is 5.41 Å². The first-order chi connectivity index (χ1) is 15.5. The lowest BCUT2D eigenvalue weighted by atomic mass is 9.88. The maximum Gasteiger partial charge on any atom is 0.141 e. The highest BCUT2D eigenvalue weighted by molar-refractivity contribution is 5.99. The van der Waals surface area contributed by atoms with Crippen LogP contribution in [0.25, 0.3) is 11.1 Å². The zero-order valence-corrected chi connectivity index (χ0v) is 17.5. The molecule has 1 aromatic carbocycles. The first-order valence-electron chi connectivity index (χ1n) is 10.2. The van der Waals surface area contributed by atoms with Crippen LogP contribution >= 0.6 is 0 Å². The number of hydrogen-bond acceptors (Lipinski definition) is 6. The Morgan fingerprint density at radius 3 is 2.78 bits per heavy atom. The van der Waals surface area contributed by atoms with Gasteiger partial charge in [-0.05, 0) is 18.6 Å². The van der Waals surface area contributed by atoms with Crippen LogP contribution in [0, 0.1) is 12.3 Å². The average molecular weight is 433 g/mol. The molecule has 0 saturated carbocycles. The summed E-state index contributed by atoms with van der Waals surface area (Å²) in [6.07, 6.45) is 6.71. The second-order valence-corrected chi connectivity index (χ2v) is 7.65. The van der Waals surface area contributed by atoms with Crippen LogP contribution in [0.15, 0.2) is 76.9 Å². The minimum absolute atomic E-state index is 0.0585. The number of aromatic nitrogens is 2. The molecule has 164 valence electrons. The molecule has 0 aliphatic heterocycles. The van der Waals surface area contributed by atoms with Crippen molar-refractivity contribution in [3.63, 3.8) is 0 Å². The van der Waals surface area contributed by atoms with Crippen LogP contribution in [0.4, 0.5) is 10.2 Å². The molecule has 4 rings (SSSR count). The third kappa shape index (κ3) is 4.31. The van der Waals surface area contributed by atoms with Crippen LogP contribution in [0.3, 0.4) is 0 Å². The molecular weight excluding hydrogens is 409 g/mol. The number of aryl methyl sites for hydroxylation is 1. The van der Waals surface area contributed by atoms with Crippen molar-refractivity contribution in [2.24, 2.45) is 0 Å². The lowest BCUT2D eigenvalue weighted by Crippen LogP contribution is -2.32. The van der Waals surface area contributed by atoms with Crippen molar-refractivity contribution in [2.45, 2.75) is 25.3 Å². The molecule has 2 atom stereocenters. The van der Waals surface area contributed by atoms with E-state index >= 15 is 4.39 Å². The van der Waals surface area contributed by atoms with Gasteiger partial charge in [-0.1, -0.05) is 47.6 Å². The summed E-state index contributed by atoms with van der Waals surface area (Å²) in [5.41, 5.74) is 9.37. The molecule has 2 aromatic heterocycles. The first kappa shape index (κ1) is 21.5. The molecule has 0 bridgehead atoms. The molecule has 2 heterocycles. The number of aliphatic hydroxyl groups excluding tert-OH is 1. The van der Waals surface area contributed by atoms with Crippen molar-refractivity contribution in [3.8, 4) is 11.1 Å². The van der Waals surface area contributed by atoms with E-state index in [4.69, 9.17) is 15.7 Å². The highest BCUT2D eigenvalue weighted by atomic mass is 19.1. The molecule has 0 amide bonds. The SMILES string of the molecule is Cc1oncc1-c1cnc(N)c(C2C=CC(C(=N)N[C@H](CO)c3ccccc3)=C(F)C2)c1. The highest BCUT2D eigenvalue weighted by Gasteiger charge is 2.24.